The molecular weight excluding hydrogens is 410 g/mol. The van der Waals surface area contributed by atoms with Crippen molar-refractivity contribution < 1.29 is 4.74 Å². The normalized spacial score (nSPS) is 11.1. The fourth-order valence-corrected chi connectivity index (χ4v) is 3.61. The molecule has 2 aromatic heterocycles. The van der Waals surface area contributed by atoms with E-state index < -0.39 is 0 Å². The number of aryl methyl sites for hydroxylation is 1. The Bertz CT molecular complexity index is 1190. The van der Waals surface area contributed by atoms with Gasteiger partial charge in [0.25, 0.3) is 5.56 Å². The highest BCUT2D eigenvalue weighted by molar-refractivity contribution is 7.99. The van der Waals surface area contributed by atoms with Gasteiger partial charge in [-0.3, -0.25) is 4.79 Å². The quantitative estimate of drug-likeness (QED) is 0.275. The smallest absolute Gasteiger partial charge is 0.270 e. The first-order valence-corrected chi connectivity index (χ1v) is 10.4. The van der Waals surface area contributed by atoms with E-state index in [1.54, 1.807) is 4.68 Å². The van der Waals surface area contributed by atoms with Crippen LogP contribution in [-0.2, 0) is 6.54 Å². The van der Waals surface area contributed by atoms with Crippen molar-refractivity contribution in [1.82, 2.24) is 25.0 Å². The number of nitrogens with zero attached hydrogens (tertiary/aromatic N) is 4. The second-order valence-electron chi connectivity index (χ2n) is 6.38. The Labute approximate surface area is 176 Å². The van der Waals surface area contributed by atoms with Crippen molar-refractivity contribution in [3.05, 3.63) is 75.2 Å². The molecule has 0 aliphatic carbocycles. The maximum absolute atomic E-state index is 12.2. The van der Waals surface area contributed by atoms with Crippen LogP contribution < -0.4 is 10.3 Å². The van der Waals surface area contributed by atoms with E-state index >= 15 is 0 Å². The summed E-state index contributed by atoms with van der Waals surface area (Å²) in [6.07, 6.45) is 0. The number of thioether (sulfide) groups is 1. The third-order valence-electron chi connectivity index (χ3n) is 4.24. The molecule has 0 saturated carbocycles. The molecule has 2 aromatic carbocycles. The lowest BCUT2D eigenvalue weighted by Crippen LogP contribution is -2.16. The van der Waals surface area contributed by atoms with Crippen LogP contribution in [0.25, 0.3) is 11.0 Å². The average Bonchev–Trinajstić information content (AvgIpc) is 3.13. The zero-order valence-electron chi connectivity index (χ0n) is 15.6. The zero-order valence-corrected chi connectivity index (χ0v) is 17.2. The fourth-order valence-electron chi connectivity index (χ4n) is 2.76. The summed E-state index contributed by atoms with van der Waals surface area (Å²) in [5.74, 6) is 1.44. The van der Waals surface area contributed by atoms with E-state index in [0.717, 1.165) is 16.8 Å². The number of ether oxygens (including phenoxy) is 1. The predicted octanol–water partition coefficient (Wildman–Crippen LogP) is 3.70. The van der Waals surface area contributed by atoms with Gasteiger partial charge in [-0.05, 0) is 31.2 Å². The maximum atomic E-state index is 12.2. The minimum Gasteiger partial charge on any atom is -0.493 e. The Hall–Kier alpha value is -2.84. The summed E-state index contributed by atoms with van der Waals surface area (Å²) in [6, 6.07) is 15.5. The SMILES string of the molecule is Cc1ccc(OCCSc2nc(Cn3nnc4ccccc43)c(Cl)c(=O)[nH]2)cc1. The highest BCUT2D eigenvalue weighted by atomic mass is 35.5. The van der Waals surface area contributed by atoms with E-state index in [0.29, 0.717) is 23.2 Å². The van der Waals surface area contributed by atoms with E-state index in [9.17, 15) is 4.79 Å². The molecule has 0 amide bonds. The summed E-state index contributed by atoms with van der Waals surface area (Å²) in [4.78, 5) is 19.4. The number of aromatic nitrogens is 5. The number of hydrogen-bond donors (Lipinski definition) is 1. The molecule has 0 spiro atoms. The molecule has 7 nitrogen and oxygen atoms in total. The van der Waals surface area contributed by atoms with Crippen molar-refractivity contribution in [3.63, 3.8) is 0 Å². The molecule has 0 radical (unpaired) electrons. The predicted molar refractivity (Wildman–Crippen MR) is 114 cm³/mol. The third kappa shape index (κ3) is 4.60. The largest absolute Gasteiger partial charge is 0.493 e. The molecule has 0 aliphatic rings. The number of para-hydroxylation sites is 1. The molecule has 4 aromatic rings. The summed E-state index contributed by atoms with van der Waals surface area (Å²) in [6.45, 7) is 2.78. The van der Waals surface area contributed by atoms with Crippen molar-refractivity contribution >= 4 is 34.4 Å². The minimum atomic E-state index is -0.372. The monoisotopic (exact) mass is 427 g/mol. The topological polar surface area (TPSA) is 85.7 Å². The number of nitrogens with one attached hydrogen (secondary N) is 1. The van der Waals surface area contributed by atoms with Crippen LogP contribution in [0.3, 0.4) is 0 Å². The van der Waals surface area contributed by atoms with Gasteiger partial charge in [-0.1, -0.05) is 58.4 Å². The number of hydrogen-bond acceptors (Lipinski definition) is 6. The Morgan fingerprint density at radius 3 is 2.79 bits per heavy atom. The van der Waals surface area contributed by atoms with E-state index in [1.165, 1.54) is 17.3 Å². The van der Waals surface area contributed by atoms with Crippen LogP contribution in [-0.4, -0.2) is 37.3 Å². The highest BCUT2D eigenvalue weighted by Crippen LogP contribution is 2.19. The second-order valence-corrected chi connectivity index (χ2v) is 7.84. The van der Waals surface area contributed by atoms with E-state index in [2.05, 4.69) is 20.3 Å². The van der Waals surface area contributed by atoms with E-state index in [-0.39, 0.29) is 17.1 Å². The van der Waals surface area contributed by atoms with Crippen LogP contribution in [0.2, 0.25) is 5.02 Å². The lowest BCUT2D eigenvalue weighted by molar-refractivity contribution is 0.344. The summed E-state index contributed by atoms with van der Waals surface area (Å²) in [5, 5.41) is 8.81. The van der Waals surface area contributed by atoms with Gasteiger partial charge in [0, 0.05) is 5.75 Å². The van der Waals surface area contributed by atoms with Crippen molar-refractivity contribution in [2.24, 2.45) is 0 Å². The molecule has 0 atom stereocenters. The lowest BCUT2D eigenvalue weighted by Gasteiger charge is -2.08. The Morgan fingerprint density at radius 2 is 1.97 bits per heavy atom. The average molecular weight is 428 g/mol. The molecule has 9 heteroatoms. The standard InChI is InChI=1S/C20H18ClN5O2S/c1-13-6-8-14(9-7-13)28-10-11-29-20-22-16(18(21)19(27)23-20)12-26-17-5-3-2-4-15(17)24-25-26/h2-9H,10-12H2,1H3,(H,22,23,27). The Kier molecular flexibility index (Phi) is 5.82. The van der Waals surface area contributed by atoms with Gasteiger partial charge in [-0.15, -0.1) is 5.10 Å². The van der Waals surface area contributed by atoms with Gasteiger partial charge in [0.1, 0.15) is 16.3 Å². The molecule has 0 unspecified atom stereocenters. The highest BCUT2D eigenvalue weighted by Gasteiger charge is 2.13. The van der Waals surface area contributed by atoms with Crippen molar-refractivity contribution in [2.75, 3.05) is 12.4 Å². The van der Waals surface area contributed by atoms with Crippen molar-refractivity contribution in [1.29, 1.82) is 0 Å². The molecule has 2 heterocycles. The first-order valence-electron chi connectivity index (χ1n) is 8.99. The molecule has 1 N–H and O–H groups in total. The van der Waals surface area contributed by atoms with Crippen LogP contribution >= 0.6 is 23.4 Å². The minimum absolute atomic E-state index is 0.0600. The number of H-pyrrole nitrogens is 1. The van der Waals surface area contributed by atoms with E-state index in [4.69, 9.17) is 16.3 Å². The molecule has 148 valence electrons. The van der Waals surface area contributed by atoms with Crippen LogP contribution in [0.15, 0.2) is 58.5 Å². The number of benzene rings is 2. The number of rotatable bonds is 7. The summed E-state index contributed by atoms with van der Waals surface area (Å²) in [5.41, 5.74) is 2.89. The van der Waals surface area contributed by atoms with Gasteiger partial charge >= 0.3 is 0 Å². The molecule has 4 rings (SSSR count). The number of halogens is 1. The first kappa shape index (κ1) is 19.5. The maximum Gasteiger partial charge on any atom is 0.270 e. The van der Waals surface area contributed by atoms with Crippen LogP contribution in [0.5, 0.6) is 5.75 Å². The third-order valence-corrected chi connectivity index (χ3v) is 5.47. The van der Waals surface area contributed by atoms with Gasteiger partial charge < -0.3 is 9.72 Å². The molecular formula is C20H18ClN5O2S. The number of aromatic amines is 1. The van der Waals surface area contributed by atoms with Gasteiger partial charge in [0.05, 0.1) is 24.4 Å². The molecule has 29 heavy (non-hydrogen) atoms. The molecule has 0 bridgehead atoms. The summed E-state index contributed by atoms with van der Waals surface area (Å²) in [7, 11) is 0. The Balaban J connectivity index is 1.44. The summed E-state index contributed by atoms with van der Waals surface area (Å²) < 4.78 is 7.39. The van der Waals surface area contributed by atoms with Crippen LogP contribution in [0.1, 0.15) is 11.3 Å². The fraction of sp³-hybridized carbons (Fsp3) is 0.200. The molecule has 0 aliphatic heterocycles. The van der Waals surface area contributed by atoms with Gasteiger partial charge in [-0.25, -0.2) is 9.67 Å². The van der Waals surface area contributed by atoms with E-state index in [1.807, 2.05) is 55.5 Å². The second kappa shape index (κ2) is 8.67. The molecule has 0 fully saturated rings. The van der Waals surface area contributed by atoms with Crippen LogP contribution in [0.4, 0.5) is 0 Å². The molecule has 0 saturated heterocycles. The van der Waals surface area contributed by atoms with Crippen molar-refractivity contribution in [2.45, 2.75) is 18.6 Å². The van der Waals surface area contributed by atoms with Crippen LogP contribution in [0, 0.1) is 6.92 Å². The van der Waals surface area contributed by atoms with Crippen molar-refractivity contribution in [3.8, 4) is 5.75 Å². The van der Waals surface area contributed by atoms with Gasteiger partial charge in [0.15, 0.2) is 5.16 Å². The first-order chi connectivity index (χ1) is 14.1. The number of fused-ring (bicyclic) bond motifs is 1. The Morgan fingerprint density at radius 1 is 1.17 bits per heavy atom. The summed E-state index contributed by atoms with van der Waals surface area (Å²) >= 11 is 7.59. The van der Waals surface area contributed by atoms with Gasteiger partial charge in [-0.2, -0.15) is 0 Å². The zero-order chi connectivity index (χ0) is 20.2. The van der Waals surface area contributed by atoms with Gasteiger partial charge in [0.2, 0.25) is 0 Å². The lowest BCUT2D eigenvalue weighted by atomic mass is 10.2.